The zero-order chi connectivity index (χ0) is 23.9. The Hall–Kier alpha value is -2.27. The van der Waals surface area contributed by atoms with Crippen LogP contribution in [0.25, 0.3) is 0 Å². The minimum absolute atomic E-state index is 0.0355. The molecule has 0 bridgehead atoms. The van der Waals surface area contributed by atoms with Gasteiger partial charge in [0, 0.05) is 16.4 Å². The maximum atomic E-state index is 13.3. The second kappa shape index (κ2) is 11.6. The molecule has 2 aromatic carbocycles. The van der Waals surface area contributed by atoms with E-state index >= 15 is 0 Å². The van der Waals surface area contributed by atoms with E-state index in [1.54, 1.807) is 25.6 Å². The van der Waals surface area contributed by atoms with Crippen LogP contribution in [0.4, 0.5) is 0 Å². The lowest BCUT2D eigenvalue weighted by molar-refractivity contribution is -0.152. The number of hydrogen-bond donors (Lipinski definition) is 1. The summed E-state index contributed by atoms with van der Waals surface area (Å²) in [6.07, 6.45) is 5.38. The average Bonchev–Trinajstić information content (AvgIpc) is 2.79. The predicted octanol–water partition coefficient (Wildman–Crippen LogP) is 6.69. The zero-order valence-corrected chi connectivity index (χ0v) is 20.9. The van der Waals surface area contributed by atoms with E-state index in [-0.39, 0.29) is 17.6 Å². The van der Waals surface area contributed by atoms with Gasteiger partial charge in [-0.1, -0.05) is 45.4 Å². The molecule has 2 atom stereocenters. The fourth-order valence-electron chi connectivity index (χ4n) is 4.09. The normalized spacial score (nSPS) is 13.4. The van der Waals surface area contributed by atoms with Crippen LogP contribution in [0.2, 0.25) is 0 Å². The largest absolute Gasteiger partial charge is 0.478 e. The molecule has 0 radical (unpaired) electrons. The highest BCUT2D eigenvalue weighted by Gasteiger charge is 2.30. The Morgan fingerprint density at radius 1 is 1.00 bits per heavy atom. The molecule has 0 aliphatic carbocycles. The summed E-state index contributed by atoms with van der Waals surface area (Å²) in [4.78, 5) is 25.9. The third-order valence-electron chi connectivity index (χ3n) is 6.17. The number of carbonyl (C=O) groups excluding carboxylic acids is 1. The van der Waals surface area contributed by atoms with E-state index in [1.165, 1.54) is 5.56 Å². The van der Waals surface area contributed by atoms with Crippen LogP contribution >= 0.6 is 11.8 Å². The van der Waals surface area contributed by atoms with Gasteiger partial charge in [0.05, 0.1) is 0 Å². The van der Waals surface area contributed by atoms with Crippen molar-refractivity contribution < 1.29 is 19.4 Å². The summed E-state index contributed by atoms with van der Waals surface area (Å²) in [7, 11) is 0. The van der Waals surface area contributed by atoms with Crippen molar-refractivity contribution in [1.82, 2.24) is 0 Å². The number of aliphatic carboxylic acids is 1. The minimum Gasteiger partial charge on any atom is -0.478 e. The summed E-state index contributed by atoms with van der Waals surface area (Å²) in [5.74, 6) is -0.0243. The molecule has 2 aromatic rings. The molecule has 2 rings (SSSR count). The molecule has 4 nitrogen and oxygen atoms in total. The quantitative estimate of drug-likeness (QED) is 0.285. The highest BCUT2D eigenvalue weighted by atomic mass is 32.2. The molecule has 0 saturated carbocycles. The molecule has 0 aromatic heterocycles. The number of thioether (sulfide) groups is 1. The number of Topliss-reactive ketones (excluding diaryl/α,β-unsaturated/α-hetero) is 1. The van der Waals surface area contributed by atoms with Crippen LogP contribution in [0.5, 0.6) is 5.75 Å². The van der Waals surface area contributed by atoms with Crippen LogP contribution < -0.4 is 4.74 Å². The van der Waals surface area contributed by atoms with Crippen molar-refractivity contribution in [3.8, 4) is 5.75 Å². The maximum absolute atomic E-state index is 13.3. The second-order valence-corrected chi connectivity index (χ2v) is 9.56. The minimum atomic E-state index is -1.29. The van der Waals surface area contributed by atoms with Crippen LogP contribution in [0, 0.1) is 11.8 Å². The number of carboxylic acids is 1. The fraction of sp³-hybridized carbons (Fsp3) is 0.481. The van der Waals surface area contributed by atoms with E-state index in [0.29, 0.717) is 5.75 Å². The van der Waals surface area contributed by atoms with E-state index in [4.69, 9.17) is 4.74 Å². The van der Waals surface area contributed by atoms with Crippen LogP contribution in [0.3, 0.4) is 0 Å². The van der Waals surface area contributed by atoms with Gasteiger partial charge in [0.25, 0.3) is 0 Å². The van der Waals surface area contributed by atoms with Gasteiger partial charge in [-0.05, 0) is 80.7 Å². The summed E-state index contributed by atoms with van der Waals surface area (Å²) < 4.78 is 5.72. The average molecular weight is 457 g/mol. The highest BCUT2D eigenvalue weighted by molar-refractivity contribution is 7.98. The van der Waals surface area contributed by atoms with Crippen LogP contribution in [-0.4, -0.2) is 28.7 Å². The molecule has 174 valence electrons. The first-order valence-corrected chi connectivity index (χ1v) is 12.6. The molecular weight excluding hydrogens is 420 g/mol. The molecule has 1 N–H and O–H groups in total. The first-order valence-electron chi connectivity index (χ1n) is 11.4. The van der Waals surface area contributed by atoms with Crippen LogP contribution in [0.15, 0.2) is 47.4 Å². The highest BCUT2D eigenvalue weighted by Crippen LogP contribution is 2.31. The Balaban J connectivity index is 2.25. The maximum Gasteiger partial charge on any atom is 0.347 e. The lowest BCUT2D eigenvalue weighted by Gasteiger charge is -2.26. The fourth-order valence-corrected chi connectivity index (χ4v) is 4.50. The second-order valence-electron chi connectivity index (χ2n) is 8.68. The number of carbonyl (C=O) groups is 2. The van der Waals surface area contributed by atoms with Crippen LogP contribution in [0.1, 0.15) is 68.9 Å². The van der Waals surface area contributed by atoms with Gasteiger partial charge in [0.1, 0.15) is 5.75 Å². The van der Waals surface area contributed by atoms with Gasteiger partial charge in [0.15, 0.2) is 11.4 Å². The monoisotopic (exact) mass is 456 g/mol. The van der Waals surface area contributed by atoms with Crippen molar-refractivity contribution >= 4 is 23.5 Å². The van der Waals surface area contributed by atoms with Gasteiger partial charge < -0.3 is 9.84 Å². The van der Waals surface area contributed by atoms with Crippen LogP contribution in [-0.2, 0) is 17.6 Å². The molecule has 0 saturated heterocycles. The molecule has 32 heavy (non-hydrogen) atoms. The smallest absolute Gasteiger partial charge is 0.347 e. The summed E-state index contributed by atoms with van der Waals surface area (Å²) >= 11 is 1.67. The molecule has 0 spiro atoms. The SMILES string of the molecule is CCc1cc(OC(C)(C)C(=O)O)ccc1C[C@@H](CC)[C@H](CC)C(=O)c1ccc(SC)cc1. The van der Waals surface area contributed by atoms with E-state index in [9.17, 15) is 14.7 Å². The first kappa shape index (κ1) is 26.0. The number of ether oxygens (including phenoxy) is 1. The molecule has 0 amide bonds. The van der Waals surface area contributed by atoms with Crippen molar-refractivity contribution in [3.05, 3.63) is 59.2 Å². The molecule has 5 heteroatoms. The Kier molecular flexibility index (Phi) is 9.38. The zero-order valence-electron chi connectivity index (χ0n) is 20.1. The standard InChI is InChI=1S/C27H36O4S/c1-7-18-17-22(31-27(4,5)26(29)30)13-10-21(18)16-19(8-2)24(9-3)25(28)20-11-14-23(32-6)15-12-20/h10-15,17,19,24H,7-9,16H2,1-6H3,(H,29,30)/t19-,24+/m1/s1. The van der Waals surface area contributed by atoms with Gasteiger partial charge in [-0.2, -0.15) is 0 Å². The third-order valence-corrected chi connectivity index (χ3v) is 6.92. The van der Waals surface area contributed by atoms with Crippen molar-refractivity contribution in [3.63, 3.8) is 0 Å². The Labute approximate surface area is 196 Å². The van der Waals surface area contributed by atoms with E-state index in [1.807, 2.05) is 48.7 Å². The summed E-state index contributed by atoms with van der Waals surface area (Å²) in [5.41, 5.74) is 1.82. The molecule has 0 aliphatic heterocycles. The van der Waals surface area contributed by atoms with Gasteiger partial charge in [-0.3, -0.25) is 4.79 Å². The topological polar surface area (TPSA) is 63.6 Å². The summed E-state index contributed by atoms with van der Waals surface area (Å²) in [5, 5.41) is 9.34. The number of aryl methyl sites for hydroxylation is 1. The Morgan fingerprint density at radius 3 is 2.16 bits per heavy atom. The first-order chi connectivity index (χ1) is 15.2. The Morgan fingerprint density at radius 2 is 1.66 bits per heavy atom. The predicted molar refractivity (Wildman–Crippen MR) is 132 cm³/mol. The Bertz CT molecular complexity index is 918. The lowest BCUT2D eigenvalue weighted by Crippen LogP contribution is -2.37. The van der Waals surface area contributed by atoms with Gasteiger partial charge in [-0.15, -0.1) is 11.8 Å². The van der Waals surface area contributed by atoms with E-state index in [0.717, 1.165) is 41.7 Å². The van der Waals surface area contributed by atoms with E-state index in [2.05, 4.69) is 20.8 Å². The van der Waals surface area contributed by atoms with Gasteiger partial charge in [-0.25, -0.2) is 4.79 Å². The molecular formula is C27H36O4S. The summed E-state index contributed by atoms with van der Waals surface area (Å²) in [6.45, 7) is 9.42. The van der Waals surface area contributed by atoms with Crippen molar-refractivity contribution in [1.29, 1.82) is 0 Å². The molecule has 0 fully saturated rings. The number of carboxylic acid groups (broad SMARTS) is 1. The number of benzene rings is 2. The molecule has 0 unspecified atom stereocenters. The van der Waals surface area contributed by atoms with Crippen molar-refractivity contribution in [2.24, 2.45) is 11.8 Å². The van der Waals surface area contributed by atoms with E-state index < -0.39 is 11.6 Å². The number of rotatable bonds is 12. The number of hydrogen-bond acceptors (Lipinski definition) is 4. The molecule has 0 heterocycles. The van der Waals surface area contributed by atoms with Crippen molar-refractivity contribution in [2.75, 3.05) is 6.26 Å². The lowest BCUT2D eigenvalue weighted by atomic mass is 9.78. The summed E-state index contributed by atoms with van der Waals surface area (Å²) in [6, 6.07) is 13.7. The van der Waals surface area contributed by atoms with Gasteiger partial charge >= 0.3 is 5.97 Å². The van der Waals surface area contributed by atoms with Crippen molar-refractivity contribution in [2.45, 2.75) is 70.8 Å². The third kappa shape index (κ3) is 6.38. The molecule has 0 aliphatic rings. The number of ketones is 1. The van der Waals surface area contributed by atoms with Gasteiger partial charge in [0.2, 0.25) is 0 Å².